The van der Waals surface area contributed by atoms with Crippen LogP contribution in [0.2, 0.25) is 0 Å². The first-order valence-electron chi connectivity index (χ1n) is 24.1. The quantitative estimate of drug-likeness (QED) is 0.166. The van der Waals surface area contributed by atoms with Crippen LogP contribution in [0.15, 0.2) is 200 Å². The van der Waals surface area contributed by atoms with E-state index >= 15 is 0 Å². The van der Waals surface area contributed by atoms with Crippen molar-refractivity contribution in [2.75, 3.05) is 19.6 Å². The van der Waals surface area contributed by atoms with E-state index in [0.717, 1.165) is 54.0 Å². The van der Waals surface area contributed by atoms with Gasteiger partial charge >= 0.3 is 0 Å². The second-order valence-electron chi connectivity index (χ2n) is 18.8. The molecule has 7 aromatic carbocycles. The molecule has 0 fully saturated rings. The van der Waals surface area contributed by atoms with E-state index in [1.165, 1.54) is 73.0 Å². The minimum absolute atomic E-state index is 0.0255. The van der Waals surface area contributed by atoms with Crippen LogP contribution in [-0.2, 0) is 5.41 Å². The molecule has 3 unspecified atom stereocenters. The van der Waals surface area contributed by atoms with Crippen molar-refractivity contribution in [3.05, 3.63) is 216 Å². The van der Waals surface area contributed by atoms with Crippen molar-refractivity contribution < 1.29 is 0 Å². The van der Waals surface area contributed by atoms with E-state index in [1.807, 2.05) is 0 Å². The van der Waals surface area contributed by atoms with Crippen molar-refractivity contribution in [2.24, 2.45) is 5.92 Å². The van der Waals surface area contributed by atoms with Gasteiger partial charge in [0.2, 0.25) is 0 Å². The molecule has 1 aliphatic carbocycles. The fourth-order valence-electron chi connectivity index (χ4n) is 12.3. The Morgan fingerprint density at radius 2 is 1.10 bits per heavy atom. The minimum Gasteiger partial charge on any atom is -0.318 e. The van der Waals surface area contributed by atoms with Crippen LogP contribution in [0, 0.1) is 5.92 Å². The molecule has 0 N–H and O–H groups in total. The molecule has 1 aromatic heterocycles. The van der Waals surface area contributed by atoms with Crippen molar-refractivity contribution in [1.29, 1.82) is 0 Å². The van der Waals surface area contributed by atoms with Gasteiger partial charge in [0.15, 0.2) is 11.6 Å². The van der Waals surface area contributed by atoms with Gasteiger partial charge in [-0.15, -0.1) is 0 Å². The Morgan fingerprint density at radius 1 is 0.522 bits per heavy atom. The highest BCUT2D eigenvalue weighted by Gasteiger charge is 2.56. The van der Waals surface area contributed by atoms with Crippen LogP contribution in [0.5, 0.6) is 0 Å². The summed E-state index contributed by atoms with van der Waals surface area (Å²) in [5.41, 5.74) is 19.3. The molecule has 5 aliphatic rings. The molecule has 3 atom stereocenters. The molecule has 0 radical (unpaired) electrons. The maximum atomic E-state index is 5.55. The Morgan fingerprint density at radius 3 is 1.81 bits per heavy atom. The predicted octanol–water partition coefficient (Wildman–Crippen LogP) is 15.4. The molecule has 0 saturated carbocycles. The fraction of sp³-hybridized carbons (Fsp3) is 0.180. The van der Waals surface area contributed by atoms with Crippen LogP contribution >= 0.6 is 0 Å². The molecule has 0 bridgehead atoms. The third-order valence-electron chi connectivity index (χ3n) is 15.4. The van der Waals surface area contributed by atoms with Crippen molar-refractivity contribution in [3.8, 4) is 11.1 Å². The lowest BCUT2D eigenvalue weighted by Gasteiger charge is -2.52. The number of hydrogen-bond acceptors (Lipinski definition) is 6. The highest BCUT2D eigenvalue weighted by Crippen LogP contribution is 2.63. The zero-order valence-corrected chi connectivity index (χ0v) is 38.2. The molecule has 0 amide bonds. The molecule has 5 heterocycles. The second kappa shape index (κ2) is 15.5. The van der Waals surface area contributed by atoms with Crippen LogP contribution in [0.25, 0.3) is 33.3 Å². The van der Waals surface area contributed by atoms with E-state index in [4.69, 9.17) is 9.97 Å². The van der Waals surface area contributed by atoms with E-state index in [1.54, 1.807) is 0 Å². The molecule has 0 spiro atoms. The Kier molecular flexibility index (Phi) is 9.14. The Labute approximate surface area is 393 Å². The van der Waals surface area contributed by atoms with Gasteiger partial charge in [-0.3, -0.25) is 9.80 Å². The summed E-state index contributed by atoms with van der Waals surface area (Å²) in [6.07, 6.45) is 10.3. The molecule has 67 heavy (non-hydrogen) atoms. The summed E-state index contributed by atoms with van der Waals surface area (Å²) in [5, 5.41) is 0. The topological polar surface area (TPSA) is 38.7 Å². The zero-order valence-electron chi connectivity index (χ0n) is 38.2. The third kappa shape index (κ3) is 5.95. The maximum Gasteiger partial charge on any atom is 0.179 e. The summed E-state index contributed by atoms with van der Waals surface area (Å²) in [6, 6.07) is 64.8. The largest absolute Gasteiger partial charge is 0.318 e. The van der Waals surface area contributed by atoms with Crippen molar-refractivity contribution in [2.45, 2.75) is 64.2 Å². The van der Waals surface area contributed by atoms with Crippen LogP contribution in [0.3, 0.4) is 0 Å². The van der Waals surface area contributed by atoms with Gasteiger partial charge in [-0.25, -0.2) is 9.97 Å². The number of nitrogens with zero attached hydrogens (tertiary/aromatic N) is 6. The van der Waals surface area contributed by atoms with Gasteiger partial charge in [-0.2, -0.15) is 0 Å². The van der Waals surface area contributed by atoms with Gasteiger partial charge in [0.25, 0.3) is 0 Å². The Hall–Kier alpha value is -7.70. The molecular weight excluding hydrogens is 817 g/mol. The molecule has 6 heteroatoms. The molecular formula is C61H52N6. The first-order valence-corrected chi connectivity index (χ1v) is 24.1. The molecule has 13 rings (SSSR count). The van der Waals surface area contributed by atoms with Gasteiger partial charge in [-0.1, -0.05) is 148 Å². The van der Waals surface area contributed by atoms with Crippen molar-refractivity contribution in [1.82, 2.24) is 9.97 Å². The number of rotatable bonds is 6. The van der Waals surface area contributed by atoms with Gasteiger partial charge in [-0.05, 0) is 131 Å². The minimum atomic E-state index is -0.313. The number of anilines is 8. The van der Waals surface area contributed by atoms with Gasteiger partial charge in [0, 0.05) is 34.5 Å². The smallest absolute Gasteiger partial charge is 0.179 e. The molecule has 4 aliphatic heterocycles. The lowest BCUT2D eigenvalue weighted by Crippen LogP contribution is -2.52. The number of benzene rings is 7. The monoisotopic (exact) mass is 868 g/mol. The summed E-state index contributed by atoms with van der Waals surface area (Å²) < 4.78 is 0. The Balaban J connectivity index is 1.11. The highest BCUT2D eigenvalue weighted by atomic mass is 15.5. The average Bonchev–Trinajstić information content (AvgIpc) is 3.90. The van der Waals surface area contributed by atoms with Crippen LogP contribution < -0.4 is 19.6 Å². The van der Waals surface area contributed by atoms with E-state index in [-0.39, 0.29) is 17.7 Å². The summed E-state index contributed by atoms with van der Waals surface area (Å²) in [7, 11) is 0. The predicted molar refractivity (Wildman–Crippen MR) is 278 cm³/mol. The standard InChI is InChI=1S/C61H52N6/c1-4-61(5-2)49-25-12-15-28-53(49)67-59-58(62-50-26-13-14-27-51(50)63-59)65(45-23-10-7-11-24-45)60(67)57(61)48-39-56-64(46-34-31-42(32-35-46)41-20-8-6-9-21-41)54-29-16-17-30-55(54)66(56)52-36-33-44(38-47(48)52)43-22-18-19-40(3)37-43/h6-36,38,40,56,60H,4-5,37,39H2,1-3H3. The molecule has 326 valence electrons. The van der Waals surface area contributed by atoms with Crippen LogP contribution in [0.1, 0.15) is 63.1 Å². The number of fused-ring (bicyclic) bond motifs is 11. The summed E-state index contributed by atoms with van der Waals surface area (Å²) in [4.78, 5) is 21.4. The van der Waals surface area contributed by atoms with Gasteiger partial charge in [0.05, 0.1) is 28.1 Å². The number of para-hydroxylation sites is 6. The second-order valence-corrected chi connectivity index (χ2v) is 18.8. The third-order valence-corrected chi connectivity index (χ3v) is 15.4. The lowest BCUT2D eigenvalue weighted by molar-refractivity contribution is 0.423. The first-order chi connectivity index (χ1) is 33.0. The van der Waals surface area contributed by atoms with E-state index in [9.17, 15) is 0 Å². The highest BCUT2D eigenvalue weighted by molar-refractivity contribution is 6.00. The van der Waals surface area contributed by atoms with Gasteiger partial charge in [0.1, 0.15) is 12.3 Å². The van der Waals surface area contributed by atoms with Crippen LogP contribution in [0.4, 0.5) is 45.8 Å². The van der Waals surface area contributed by atoms with E-state index in [0.29, 0.717) is 5.92 Å². The van der Waals surface area contributed by atoms with E-state index < -0.39 is 0 Å². The Bertz CT molecular complexity index is 3330. The molecule has 6 nitrogen and oxygen atoms in total. The fourth-order valence-corrected chi connectivity index (χ4v) is 12.3. The zero-order chi connectivity index (χ0) is 44.8. The molecule has 8 aromatic rings. The van der Waals surface area contributed by atoms with E-state index in [2.05, 4.69) is 235 Å². The normalized spacial score (nSPS) is 20.8. The summed E-state index contributed by atoms with van der Waals surface area (Å²) in [6.45, 7) is 7.15. The number of allylic oxidation sites excluding steroid dienone is 4. The van der Waals surface area contributed by atoms with Crippen molar-refractivity contribution in [3.63, 3.8) is 0 Å². The van der Waals surface area contributed by atoms with Gasteiger partial charge < -0.3 is 9.80 Å². The lowest BCUT2D eigenvalue weighted by atomic mass is 9.63. The number of hydrogen-bond donors (Lipinski definition) is 0. The van der Waals surface area contributed by atoms with Crippen molar-refractivity contribution >= 4 is 67.9 Å². The SMILES string of the molecule is CCC1(CC)C(=C2CC3N(c4ccc(-c5ccccc5)cc4)c4ccccc4N3c3ccc(C4=CC=CC(C)C4)cc32)C2N(c3ccccc3)c3nc4ccccc4nc3N2c2ccccc21. The van der Waals surface area contributed by atoms with Crippen LogP contribution in [-0.4, -0.2) is 22.3 Å². The average molecular weight is 869 g/mol. The maximum absolute atomic E-state index is 5.55. The molecule has 0 saturated heterocycles. The summed E-state index contributed by atoms with van der Waals surface area (Å²) >= 11 is 0. The summed E-state index contributed by atoms with van der Waals surface area (Å²) in [5.74, 6) is 2.26. The number of aromatic nitrogens is 2. The first kappa shape index (κ1) is 39.6.